The van der Waals surface area contributed by atoms with E-state index in [9.17, 15) is 0 Å². The zero-order chi connectivity index (χ0) is 14.7. The molecule has 2 rings (SSSR count). The van der Waals surface area contributed by atoms with E-state index in [0.29, 0.717) is 0 Å². The third kappa shape index (κ3) is 3.20. The summed E-state index contributed by atoms with van der Waals surface area (Å²) in [4.78, 5) is 0. The summed E-state index contributed by atoms with van der Waals surface area (Å²) >= 11 is 0. The van der Waals surface area contributed by atoms with Crippen LogP contribution in [0.2, 0.25) is 0 Å². The topological polar surface area (TPSA) is 53.1 Å². The molecule has 0 fully saturated rings. The highest BCUT2D eigenvalue weighted by molar-refractivity contribution is 5.38. The van der Waals surface area contributed by atoms with E-state index < -0.39 is 0 Å². The minimum atomic E-state index is 0.201. The van der Waals surface area contributed by atoms with Crippen LogP contribution in [0.3, 0.4) is 0 Å². The van der Waals surface area contributed by atoms with Crippen molar-refractivity contribution >= 4 is 0 Å². The standard InChI is InChI=1S/C16H23N3O/c1-5-14(17)9-13-7-6-8-15(10-13)20-16-11(2)18-19(4)12(16)3/h6-8,10,14H,5,9,17H2,1-4H3. The smallest absolute Gasteiger partial charge is 0.171 e. The molecule has 4 heteroatoms. The Bertz CT molecular complexity index is 589. The van der Waals surface area contributed by atoms with Crippen molar-refractivity contribution < 1.29 is 4.74 Å². The molecule has 2 aromatic rings. The van der Waals surface area contributed by atoms with Gasteiger partial charge in [-0.15, -0.1) is 0 Å². The van der Waals surface area contributed by atoms with Gasteiger partial charge in [-0.1, -0.05) is 19.1 Å². The number of rotatable bonds is 5. The Morgan fingerprint density at radius 1 is 1.35 bits per heavy atom. The summed E-state index contributed by atoms with van der Waals surface area (Å²) in [7, 11) is 1.92. The molecule has 20 heavy (non-hydrogen) atoms. The Kier molecular flexibility index (Phi) is 4.45. The quantitative estimate of drug-likeness (QED) is 0.910. The van der Waals surface area contributed by atoms with E-state index >= 15 is 0 Å². The molecule has 1 heterocycles. The fourth-order valence-corrected chi connectivity index (χ4v) is 2.20. The molecule has 0 spiro atoms. The van der Waals surface area contributed by atoms with Crippen LogP contribution in [0.25, 0.3) is 0 Å². The van der Waals surface area contributed by atoms with Crippen molar-refractivity contribution in [3.05, 3.63) is 41.2 Å². The molecular weight excluding hydrogens is 250 g/mol. The Morgan fingerprint density at radius 2 is 2.10 bits per heavy atom. The van der Waals surface area contributed by atoms with Crippen molar-refractivity contribution in [2.75, 3.05) is 0 Å². The molecule has 0 saturated carbocycles. The zero-order valence-corrected chi connectivity index (χ0v) is 12.7. The van der Waals surface area contributed by atoms with Gasteiger partial charge in [-0.2, -0.15) is 5.10 Å². The van der Waals surface area contributed by atoms with Crippen LogP contribution in [0.5, 0.6) is 11.5 Å². The SMILES string of the molecule is CCC(N)Cc1cccc(Oc2c(C)nn(C)c2C)c1. The number of aryl methyl sites for hydroxylation is 2. The summed E-state index contributed by atoms with van der Waals surface area (Å²) in [5, 5.41) is 4.36. The number of hydrogen-bond acceptors (Lipinski definition) is 3. The maximum atomic E-state index is 6.01. The molecule has 0 aliphatic carbocycles. The highest BCUT2D eigenvalue weighted by Crippen LogP contribution is 2.28. The van der Waals surface area contributed by atoms with E-state index in [1.807, 2.05) is 37.7 Å². The molecule has 0 bridgehead atoms. The number of aromatic nitrogens is 2. The van der Waals surface area contributed by atoms with Gasteiger partial charge in [0.15, 0.2) is 5.75 Å². The predicted molar refractivity (Wildman–Crippen MR) is 81.2 cm³/mol. The molecule has 2 N–H and O–H groups in total. The Balaban J connectivity index is 2.19. The summed E-state index contributed by atoms with van der Waals surface area (Å²) in [5.74, 6) is 1.68. The maximum absolute atomic E-state index is 6.01. The van der Waals surface area contributed by atoms with Crippen molar-refractivity contribution in [1.29, 1.82) is 0 Å². The number of ether oxygens (including phenoxy) is 1. The van der Waals surface area contributed by atoms with Crippen molar-refractivity contribution in [2.24, 2.45) is 12.8 Å². The number of nitrogens with zero attached hydrogens (tertiary/aromatic N) is 2. The highest BCUT2D eigenvalue weighted by Gasteiger charge is 2.12. The largest absolute Gasteiger partial charge is 0.453 e. The van der Waals surface area contributed by atoms with Crippen LogP contribution in [-0.4, -0.2) is 15.8 Å². The fourth-order valence-electron chi connectivity index (χ4n) is 2.20. The molecule has 1 unspecified atom stereocenters. The van der Waals surface area contributed by atoms with Crippen LogP contribution >= 0.6 is 0 Å². The molecule has 0 radical (unpaired) electrons. The third-order valence-corrected chi connectivity index (χ3v) is 3.58. The van der Waals surface area contributed by atoms with E-state index in [1.54, 1.807) is 0 Å². The number of hydrogen-bond donors (Lipinski definition) is 1. The van der Waals surface area contributed by atoms with Gasteiger partial charge in [-0.25, -0.2) is 0 Å². The lowest BCUT2D eigenvalue weighted by molar-refractivity contribution is 0.473. The van der Waals surface area contributed by atoms with Gasteiger partial charge in [0.2, 0.25) is 0 Å². The summed E-state index contributed by atoms with van der Waals surface area (Å²) in [6.07, 6.45) is 1.85. The Labute approximate surface area is 120 Å². The highest BCUT2D eigenvalue weighted by atomic mass is 16.5. The third-order valence-electron chi connectivity index (χ3n) is 3.58. The molecule has 1 aromatic heterocycles. The minimum Gasteiger partial charge on any atom is -0.453 e. The first-order valence-corrected chi connectivity index (χ1v) is 7.03. The van der Waals surface area contributed by atoms with Gasteiger partial charge in [-0.05, 0) is 44.4 Å². The van der Waals surface area contributed by atoms with Gasteiger partial charge in [0.05, 0.1) is 5.69 Å². The van der Waals surface area contributed by atoms with Gasteiger partial charge < -0.3 is 10.5 Å². The average Bonchev–Trinajstić information content (AvgIpc) is 2.66. The van der Waals surface area contributed by atoms with Crippen molar-refractivity contribution in [2.45, 2.75) is 39.7 Å². The lowest BCUT2D eigenvalue weighted by atomic mass is 10.0. The predicted octanol–water partition coefficient (Wildman–Crippen LogP) is 3.11. The lowest BCUT2D eigenvalue weighted by Gasteiger charge is -2.11. The molecular formula is C16H23N3O. The van der Waals surface area contributed by atoms with Crippen molar-refractivity contribution in [1.82, 2.24) is 9.78 Å². The van der Waals surface area contributed by atoms with Gasteiger partial charge in [0.25, 0.3) is 0 Å². The second kappa shape index (κ2) is 6.09. The van der Waals surface area contributed by atoms with E-state index in [-0.39, 0.29) is 6.04 Å². The van der Waals surface area contributed by atoms with Crippen LogP contribution < -0.4 is 10.5 Å². The maximum Gasteiger partial charge on any atom is 0.171 e. The monoisotopic (exact) mass is 273 g/mol. The summed E-state index contributed by atoms with van der Waals surface area (Å²) in [5.41, 5.74) is 9.14. The van der Waals surface area contributed by atoms with E-state index in [2.05, 4.69) is 24.2 Å². The second-order valence-electron chi connectivity index (χ2n) is 5.25. The van der Waals surface area contributed by atoms with Crippen molar-refractivity contribution in [3.63, 3.8) is 0 Å². The number of nitrogens with two attached hydrogens (primary N) is 1. The van der Waals surface area contributed by atoms with E-state index in [4.69, 9.17) is 10.5 Å². The first-order valence-electron chi connectivity index (χ1n) is 7.03. The summed E-state index contributed by atoms with van der Waals surface area (Å²) in [6.45, 7) is 6.07. The normalized spacial score (nSPS) is 12.4. The first-order chi connectivity index (χ1) is 9.51. The molecule has 1 aromatic carbocycles. The van der Waals surface area contributed by atoms with Gasteiger partial charge in [-0.3, -0.25) is 4.68 Å². The summed E-state index contributed by atoms with van der Waals surface area (Å²) < 4.78 is 7.83. The fraction of sp³-hybridized carbons (Fsp3) is 0.438. The van der Waals surface area contributed by atoms with Crippen LogP contribution in [0.1, 0.15) is 30.3 Å². The molecule has 4 nitrogen and oxygen atoms in total. The van der Waals surface area contributed by atoms with Gasteiger partial charge in [0.1, 0.15) is 11.4 Å². The lowest BCUT2D eigenvalue weighted by Crippen LogP contribution is -2.21. The minimum absolute atomic E-state index is 0.201. The molecule has 0 aliphatic heterocycles. The molecule has 0 amide bonds. The molecule has 1 atom stereocenters. The van der Waals surface area contributed by atoms with E-state index in [1.165, 1.54) is 5.56 Å². The van der Waals surface area contributed by atoms with Crippen LogP contribution in [0.15, 0.2) is 24.3 Å². The average molecular weight is 273 g/mol. The van der Waals surface area contributed by atoms with Crippen LogP contribution in [-0.2, 0) is 13.5 Å². The molecule has 0 saturated heterocycles. The van der Waals surface area contributed by atoms with E-state index in [0.717, 1.165) is 35.7 Å². The molecule has 108 valence electrons. The summed E-state index contributed by atoms with van der Waals surface area (Å²) in [6, 6.07) is 8.32. The first kappa shape index (κ1) is 14.6. The van der Waals surface area contributed by atoms with Crippen LogP contribution in [0.4, 0.5) is 0 Å². The number of benzene rings is 1. The Hall–Kier alpha value is -1.81. The van der Waals surface area contributed by atoms with Crippen molar-refractivity contribution in [3.8, 4) is 11.5 Å². The van der Waals surface area contributed by atoms with Crippen LogP contribution in [0, 0.1) is 13.8 Å². The molecule has 0 aliphatic rings. The second-order valence-corrected chi connectivity index (χ2v) is 5.25. The Morgan fingerprint density at radius 3 is 2.70 bits per heavy atom. The zero-order valence-electron chi connectivity index (χ0n) is 12.7. The van der Waals surface area contributed by atoms with Gasteiger partial charge >= 0.3 is 0 Å². The van der Waals surface area contributed by atoms with Gasteiger partial charge in [0, 0.05) is 13.1 Å².